The maximum Gasteiger partial charge on any atom is 0.175 e. The molecule has 0 fully saturated rings. The predicted molar refractivity (Wildman–Crippen MR) is 41.4 cm³/mol. The van der Waals surface area contributed by atoms with Crippen molar-refractivity contribution in [3.63, 3.8) is 0 Å². The molecule has 2 heterocycles. The normalized spacial score (nSPS) is 10.7. The fourth-order valence-corrected chi connectivity index (χ4v) is 0.970. The van der Waals surface area contributed by atoms with E-state index in [1.54, 1.807) is 6.20 Å². The molecule has 0 bridgehead atoms. The zero-order valence-electron chi connectivity index (χ0n) is 5.80. The van der Waals surface area contributed by atoms with Crippen LogP contribution < -0.4 is 0 Å². The van der Waals surface area contributed by atoms with E-state index in [9.17, 15) is 0 Å². The Balaban J connectivity index is 2.86. The van der Waals surface area contributed by atoms with E-state index < -0.39 is 0 Å². The van der Waals surface area contributed by atoms with Gasteiger partial charge >= 0.3 is 0 Å². The first kappa shape index (κ1) is 6.54. The summed E-state index contributed by atoms with van der Waals surface area (Å²) in [5.41, 5.74) is 2.09. The third-order valence-electron chi connectivity index (χ3n) is 1.40. The summed E-state index contributed by atoms with van der Waals surface area (Å²) < 4.78 is 0. The highest BCUT2D eigenvalue weighted by Gasteiger charge is 2.02. The lowest BCUT2D eigenvalue weighted by Crippen LogP contribution is -1.87. The number of fused-ring (bicyclic) bond motifs is 1. The fraction of sp³-hybridized carbons (Fsp3) is 0.167. The van der Waals surface area contributed by atoms with Gasteiger partial charge in [-0.1, -0.05) is 11.6 Å². The molecule has 0 aromatic carbocycles. The number of nitrogens with zero attached hydrogens (tertiary/aromatic N) is 3. The molecule has 5 heteroatoms. The van der Waals surface area contributed by atoms with Gasteiger partial charge in [0, 0.05) is 0 Å². The molecular weight excluding hydrogens is 164 g/mol. The van der Waals surface area contributed by atoms with Crippen molar-refractivity contribution in [3.05, 3.63) is 17.0 Å². The Kier molecular flexibility index (Phi) is 1.29. The highest BCUT2D eigenvalue weighted by atomic mass is 35.5. The van der Waals surface area contributed by atoms with Gasteiger partial charge in [0.1, 0.15) is 5.52 Å². The van der Waals surface area contributed by atoms with Gasteiger partial charge in [0.15, 0.2) is 10.8 Å². The first-order chi connectivity index (χ1) is 5.27. The minimum absolute atomic E-state index is 0.418. The number of H-pyrrole nitrogens is 1. The third-order valence-corrected chi connectivity index (χ3v) is 1.75. The second-order valence-corrected chi connectivity index (χ2v) is 2.56. The molecule has 1 N–H and O–H groups in total. The molecule has 0 spiro atoms. The summed E-state index contributed by atoms with van der Waals surface area (Å²) in [6, 6.07) is 0. The molecule has 0 unspecified atom stereocenters. The zero-order chi connectivity index (χ0) is 7.84. The van der Waals surface area contributed by atoms with Crippen molar-refractivity contribution in [3.8, 4) is 0 Å². The summed E-state index contributed by atoms with van der Waals surface area (Å²) in [6.07, 6.45) is 1.62. The Morgan fingerprint density at radius 2 is 2.27 bits per heavy atom. The van der Waals surface area contributed by atoms with Crippen molar-refractivity contribution in [1.29, 1.82) is 0 Å². The lowest BCUT2D eigenvalue weighted by atomic mass is 10.5. The first-order valence-electron chi connectivity index (χ1n) is 3.10. The molecule has 0 saturated carbocycles. The van der Waals surface area contributed by atoms with E-state index in [4.69, 9.17) is 11.6 Å². The maximum atomic E-state index is 5.72. The lowest BCUT2D eigenvalue weighted by Gasteiger charge is -1.93. The fourth-order valence-electron chi connectivity index (χ4n) is 0.843. The number of aromatic nitrogens is 4. The number of hydrogen-bond acceptors (Lipinski definition) is 3. The van der Waals surface area contributed by atoms with Gasteiger partial charge in [-0.15, -0.1) is 0 Å². The molecule has 0 aliphatic heterocycles. The van der Waals surface area contributed by atoms with Crippen LogP contribution in [-0.4, -0.2) is 20.2 Å². The molecule has 2 rings (SSSR count). The summed E-state index contributed by atoms with van der Waals surface area (Å²) in [5, 5.41) is 6.87. The SMILES string of the molecule is Cc1nc2cn[nH]c2nc1Cl. The van der Waals surface area contributed by atoms with E-state index in [1.807, 2.05) is 6.92 Å². The number of halogens is 1. The van der Waals surface area contributed by atoms with Crippen LogP contribution in [0.2, 0.25) is 5.15 Å². The molecule has 56 valence electrons. The van der Waals surface area contributed by atoms with E-state index in [1.165, 1.54) is 0 Å². The lowest BCUT2D eigenvalue weighted by molar-refractivity contribution is 1.09. The van der Waals surface area contributed by atoms with Gasteiger partial charge in [0.05, 0.1) is 11.9 Å². The van der Waals surface area contributed by atoms with Crippen molar-refractivity contribution in [2.24, 2.45) is 0 Å². The number of hydrogen-bond donors (Lipinski definition) is 1. The van der Waals surface area contributed by atoms with Crippen LogP contribution in [0.15, 0.2) is 6.20 Å². The van der Waals surface area contributed by atoms with E-state index in [-0.39, 0.29) is 0 Å². The topological polar surface area (TPSA) is 54.5 Å². The van der Waals surface area contributed by atoms with Gasteiger partial charge in [-0.25, -0.2) is 9.97 Å². The number of nitrogens with one attached hydrogen (secondary N) is 1. The summed E-state index contributed by atoms with van der Waals surface area (Å²) in [6.45, 7) is 1.81. The quantitative estimate of drug-likeness (QED) is 0.646. The average molecular weight is 169 g/mol. The van der Waals surface area contributed by atoms with Crippen LogP contribution in [0.5, 0.6) is 0 Å². The minimum atomic E-state index is 0.418. The van der Waals surface area contributed by atoms with Gasteiger partial charge in [-0.05, 0) is 6.92 Å². The van der Waals surface area contributed by atoms with E-state index in [0.29, 0.717) is 10.8 Å². The van der Waals surface area contributed by atoms with Crippen molar-refractivity contribution < 1.29 is 0 Å². The second kappa shape index (κ2) is 2.17. The molecule has 2 aromatic rings. The Bertz CT molecular complexity index is 358. The number of rotatable bonds is 0. The monoisotopic (exact) mass is 168 g/mol. The Labute approximate surface area is 67.6 Å². The third kappa shape index (κ3) is 0.952. The molecule has 0 aliphatic rings. The zero-order valence-corrected chi connectivity index (χ0v) is 6.55. The van der Waals surface area contributed by atoms with Crippen molar-refractivity contribution in [1.82, 2.24) is 20.2 Å². The number of aromatic amines is 1. The Hall–Kier alpha value is -1.16. The van der Waals surface area contributed by atoms with Gasteiger partial charge < -0.3 is 0 Å². The van der Waals surface area contributed by atoms with Crippen LogP contribution >= 0.6 is 11.6 Å². The molecule has 2 aromatic heterocycles. The highest BCUT2D eigenvalue weighted by Crippen LogP contribution is 2.13. The molecule has 0 atom stereocenters. The van der Waals surface area contributed by atoms with Gasteiger partial charge in [0.2, 0.25) is 0 Å². The standard InChI is InChI=1S/C6H5ClN4/c1-3-5(7)10-6-4(9-3)2-8-11-6/h2H,1H3,(H,8,10,11). The van der Waals surface area contributed by atoms with Crippen LogP contribution in [0.1, 0.15) is 5.69 Å². The molecule has 11 heavy (non-hydrogen) atoms. The van der Waals surface area contributed by atoms with E-state index in [0.717, 1.165) is 11.2 Å². The van der Waals surface area contributed by atoms with Gasteiger partial charge in [0.25, 0.3) is 0 Å². The minimum Gasteiger partial charge on any atom is -0.259 e. The molecule has 4 nitrogen and oxygen atoms in total. The highest BCUT2D eigenvalue weighted by molar-refractivity contribution is 6.30. The molecule has 0 radical (unpaired) electrons. The van der Waals surface area contributed by atoms with Crippen LogP contribution in [0.3, 0.4) is 0 Å². The van der Waals surface area contributed by atoms with Crippen LogP contribution in [0.25, 0.3) is 11.2 Å². The summed E-state index contributed by atoms with van der Waals surface area (Å²) in [7, 11) is 0. The number of aryl methyl sites for hydroxylation is 1. The molecule has 0 saturated heterocycles. The summed E-state index contributed by atoms with van der Waals surface area (Å²) in [4.78, 5) is 8.17. The Morgan fingerprint density at radius 3 is 3.09 bits per heavy atom. The van der Waals surface area contributed by atoms with E-state index in [2.05, 4.69) is 20.2 Å². The van der Waals surface area contributed by atoms with Gasteiger partial charge in [-0.3, -0.25) is 5.10 Å². The first-order valence-corrected chi connectivity index (χ1v) is 3.48. The second-order valence-electron chi connectivity index (χ2n) is 2.20. The van der Waals surface area contributed by atoms with Crippen LogP contribution in [0.4, 0.5) is 0 Å². The average Bonchev–Trinajstić information content (AvgIpc) is 2.36. The predicted octanol–water partition coefficient (Wildman–Crippen LogP) is 1.31. The van der Waals surface area contributed by atoms with Crippen LogP contribution in [0, 0.1) is 6.92 Å². The van der Waals surface area contributed by atoms with Crippen molar-refractivity contribution in [2.75, 3.05) is 0 Å². The Morgan fingerprint density at radius 1 is 1.45 bits per heavy atom. The smallest absolute Gasteiger partial charge is 0.175 e. The summed E-state index contributed by atoms with van der Waals surface area (Å²) >= 11 is 5.72. The van der Waals surface area contributed by atoms with Crippen LogP contribution in [-0.2, 0) is 0 Å². The van der Waals surface area contributed by atoms with Gasteiger partial charge in [-0.2, -0.15) is 5.10 Å². The molecule has 0 amide bonds. The van der Waals surface area contributed by atoms with Crippen molar-refractivity contribution in [2.45, 2.75) is 6.92 Å². The molecular formula is C6H5ClN4. The van der Waals surface area contributed by atoms with E-state index >= 15 is 0 Å². The molecule has 0 aliphatic carbocycles. The van der Waals surface area contributed by atoms with Crippen molar-refractivity contribution >= 4 is 22.8 Å². The summed E-state index contributed by atoms with van der Waals surface area (Å²) in [5.74, 6) is 0. The maximum absolute atomic E-state index is 5.72. The largest absolute Gasteiger partial charge is 0.259 e.